The van der Waals surface area contributed by atoms with Gasteiger partial charge in [0.15, 0.2) is 0 Å². The van der Waals surface area contributed by atoms with Crippen LogP contribution in [0.25, 0.3) is 0 Å². The number of amides is 2. The van der Waals surface area contributed by atoms with Crippen LogP contribution < -0.4 is 15.4 Å². The highest BCUT2D eigenvalue weighted by molar-refractivity contribution is 7.10. The van der Waals surface area contributed by atoms with E-state index >= 15 is 0 Å². The van der Waals surface area contributed by atoms with Gasteiger partial charge in [0.1, 0.15) is 11.4 Å². The lowest BCUT2D eigenvalue weighted by Gasteiger charge is -2.22. The molecule has 6 heteroatoms. The average Bonchev–Trinajstić information content (AvgIpc) is 3.08. The molecule has 1 unspecified atom stereocenters. The molecule has 5 nitrogen and oxygen atoms in total. The molecule has 2 amide bonds. The molecular weight excluding hydrogens is 312 g/mol. The summed E-state index contributed by atoms with van der Waals surface area (Å²) >= 11 is 1.46. The number of nitrogens with one attached hydrogen (secondary N) is 2. The highest BCUT2D eigenvalue weighted by Crippen LogP contribution is 2.25. The number of hydrogen-bond donors (Lipinski definition) is 3. The van der Waals surface area contributed by atoms with E-state index in [-0.39, 0.29) is 12.6 Å². The first-order valence-corrected chi connectivity index (χ1v) is 8.44. The van der Waals surface area contributed by atoms with Crippen LogP contribution in [0.5, 0.6) is 5.75 Å². The summed E-state index contributed by atoms with van der Waals surface area (Å²) in [7, 11) is 0. The van der Waals surface area contributed by atoms with E-state index in [2.05, 4.69) is 10.6 Å². The van der Waals surface area contributed by atoms with Gasteiger partial charge in [-0.2, -0.15) is 0 Å². The van der Waals surface area contributed by atoms with E-state index in [1.165, 1.54) is 11.3 Å². The molecule has 1 heterocycles. The van der Waals surface area contributed by atoms with Gasteiger partial charge in [0.2, 0.25) is 0 Å². The number of rotatable bonds is 7. The molecule has 1 aromatic carbocycles. The van der Waals surface area contributed by atoms with Crippen LogP contribution in [-0.2, 0) is 5.60 Å². The molecule has 1 aromatic heterocycles. The van der Waals surface area contributed by atoms with Crippen molar-refractivity contribution in [3.8, 4) is 5.75 Å². The fourth-order valence-electron chi connectivity index (χ4n) is 2.00. The number of para-hydroxylation sites is 2. The maximum Gasteiger partial charge on any atom is 0.319 e. The molecule has 3 N–H and O–H groups in total. The minimum absolute atomic E-state index is 0.122. The normalized spacial score (nSPS) is 13.2. The van der Waals surface area contributed by atoms with Crippen LogP contribution in [0.3, 0.4) is 0 Å². The van der Waals surface area contributed by atoms with Crippen LogP contribution in [0, 0.1) is 0 Å². The highest BCUT2D eigenvalue weighted by atomic mass is 32.1. The molecule has 2 aromatic rings. The van der Waals surface area contributed by atoms with Gasteiger partial charge in [0.05, 0.1) is 18.8 Å². The predicted octanol–water partition coefficient (Wildman–Crippen LogP) is 3.57. The van der Waals surface area contributed by atoms with Crippen LogP contribution in [0.15, 0.2) is 41.8 Å². The number of ether oxygens (including phenoxy) is 1. The van der Waals surface area contributed by atoms with Crippen molar-refractivity contribution in [3.63, 3.8) is 0 Å². The molecule has 124 valence electrons. The van der Waals surface area contributed by atoms with Crippen LogP contribution >= 0.6 is 11.3 Å². The van der Waals surface area contributed by atoms with Crippen LogP contribution in [-0.4, -0.2) is 24.3 Å². The summed E-state index contributed by atoms with van der Waals surface area (Å²) in [5.74, 6) is 0.634. The average molecular weight is 334 g/mol. The summed E-state index contributed by atoms with van der Waals surface area (Å²) < 4.78 is 5.60. The van der Waals surface area contributed by atoms with Crippen molar-refractivity contribution in [1.29, 1.82) is 0 Å². The lowest BCUT2D eigenvalue weighted by Crippen LogP contribution is -2.40. The van der Waals surface area contributed by atoms with Gasteiger partial charge in [-0.3, -0.25) is 0 Å². The Kier molecular flexibility index (Phi) is 6.01. The van der Waals surface area contributed by atoms with Gasteiger partial charge in [-0.05, 0) is 36.9 Å². The summed E-state index contributed by atoms with van der Waals surface area (Å²) in [6.07, 6.45) is 0.893. The molecule has 0 bridgehead atoms. The van der Waals surface area contributed by atoms with Crippen LogP contribution in [0.2, 0.25) is 0 Å². The third-order valence-electron chi connectivity index (χ3n) is 3.24. The number of urea groups is 1. The monoisotopic (exact) mass is 334 g/mol. The van der Waals surface area contributed by atoms with E-state index in [1.807, 2.05) is 42.6 Å². The van der Waals surface area contributed by atoms with Gasteiger partial charge in [0.25, 0.3) is 0 Å². The van der Waals surface area contributed by atoms with Crippen LogP contribution in [0.4, 0.5) is 10.5 Å². The van der Waals surface area contributed by atoms with Gasteiger partial charge in [-0.25, -0.2) is 4.79 Å². The number of carbonyl (C=O) groups is 1. The van der Waals surface area contributed by atoms with Crippen molar-refractivity contribution in [2.24, 2.45) is 0 Å². The Hall–Kier alpha value is -2.05. The second-order valence-corrected chi connectivity index (χ2v) is 6.35. The Morgan fingerprint density at radius 3 is 2.78 bits per heavy atom. The predicted molar refractivity (Wildman–Crippen MR) is 93.1 cm³/mol. The van der Waals surface area contributed by atoms with E-state index in [9.17, 15) is 9.90 Å². The number of thiophene rings is 1. The molecule has 0 saturated carbocycles. The topological polar surface area (TPSA) is 70.6 Å². The van der Waals surface area contributed by atoms with Crippen molar-refractivity contribution in [2.75, 3.05) is 18.5 Å². The number of carbonyl (C=O) groups excluding carboxylic acids is 1. The molecule has 0 aliphatic rings. The second-order valence-electron chi connectivity index (χ2n) is 5.40. The molecule has 0 fully saturated rings. The quantitative estimate of drug-likeness (QED) is 0.725. The van der Waals surface area contributed by atoms with Crippen molar-refractivity contribution < 1.29 is 14.6 Å². The van der Waals surface area contributed by atoms with E-state index in [0.29, 0.717) is 18.0 Å². The highest BCUT2D eigenvalue weighted by Gasteiger charge is 2.24. The summed E-state index contributed by atoms with van der Waals surface area (Å²) in [4.78, 5) is 12.9. The SMILES string of the molecule is CCCOc1ccccc1NC(=O)NCC(C)(O)c1cccs1. The van der Waals surface area contributed by atoms with Crippen LogP contribution in [0.1, 0.15) is 25.1 Å². The molecular formula is C17H22N2O3S. The van der Waals surface area contributed by atoms with Gasteiger partial charge < -0.3 is 20.5 Å². The Morgan fingerprint density at radius 1 is 1.30 bits per heavy atom. The number of benzene rings is 1. The van der Waals surface area contributed by atoms with Gasteiger partial charge in [0, 0.05) is 4.88 Å². The number of aliphatic hydroxyl groups is 1. The molecule has 23 heavy (non-hydrogen) atoms. The standard InChI is InChI=1S/C17H22N2O3S/c1-3-10-22-14-8-5-4-7-13(14)19-16(20)18-12-17(2,21)15-9-6-11-23-15/h4-9,11,21H,3,10,12H2,1-2H3,(H2,18,19,20). The molecule has 2 rings (SSSR count). The summed E-state index contributed by atoms with van der Waals surface area (Å²) in [6.45, 7) is 4.41. The molecule has 0 radical (unpaired) electrons. The van der Waals surface area contributed by atoms with Crippen molar-refractivity contribution in [1.82, 2.24) is 5.32 Å². The third kappa shape index (κ3) is 4.97. The van der Waals surface area contributed by atoms with Crippen molar-refractivity contribution in [3.05, 3.63) is 46.7 Å². The first-order valence-electron chi connectivity index (χ1n) is 7.56. The zero-order valence-corrected chi connectivity index (χ0v) is 14.2. The Morgan fingerprint density at radius 2 is 2.09 bits per heavy atom. The van der Waals surface area contributed by atoms with E-state index in [4.69, 9.17) is 4.74 Å². The fraction of sp³-hybridized carbons (Fsp3) is 0.353. The molecule has 0 aliphatic heterocycles. The maximum atomic E-state index is 12.1. The van der Waals surface area contributed by atoms with Gasteiger partial charge in [-0.15, -0.1) is 11.3 Å². The van der Waals surface area contributed by atoms with Gasteiger partial charge >= 0.3 is 6.03 Å². The largest absolute Gasteiger partial charge is 0.491 e. The molecule has 0 aliphatic carbocycles. The lowest BCUT2D eigenvalue weighted by molar-refractivity contribution is 0.0637. The van der Waals surface area contributed by atoms with E-state index in [0.717, 1.165) is 11.3 Å². The Labute approximate surface area is 140 Å². The zero-order chi connectivity index (χ0) is 16.7. The summed E-state index contributed by atoms with van der Waals surface area (Å²) in [5.41, 5.74) is -0.488. The summed E-state index contributed by atoms with van der Waals surface area (Å²) in [6, 6.07) is 10.6. The van der Waals surface area contributed by atoms with Gasteiger partial charge in [-0.1, -0.05) is 25.1 Å². The minimum Gasteiger partial charge on any atom is -0.491 e. The minimum atomic E-state index is -1.09. The smallest absolute Gasteiger partial charge is 0.319 e. The molecule has 0 spiro atoms. The molecule has 1 atom stereocenters. The first-order chi connectivity index (χ1) is 11.0. The summed E-state index contributed by atoms with van der Waals surface area (Å²) in [5, 5.41) is 17.7. The first kappa shape index (κ1) is 17.3. The third-order valence-corrected chi connectivity index (χ3v) is 4.37. The van der Waals surface area contributed by atoms with E-state index in [1.54, 1.807) is 13.0 Å². The lowest BCUT2D eigenvalue weighted by atomic mass is 10.1. The number of anilines is 1. The second kappa shape index (κ2) is 7.99. The fourth-order valence-corrected chi connectivity index (χ4v) is 2.79. The molecule has 0 saturated heterocycles. The van der Waals surface area contributed by atoms with Crippen molar-refractivity contribution >= 4 is 23.1 Å². The maximum absolute atomic E-state index is 12.1. The number of hydrogen-bond acceptors (Lipinski definition) is 4. The van der Waals surface area contributed by atoms with Crippen molar-refractivity contribution in [2.45, 2.75) is 25.9 Å². The van der Waals surface area contributed by atoms with E-state index < -0.39 is 5.60 Å². The zero-order valence-electron chi connectivity index (χ0n) is 13.3. The Balaban J connectivity index is 1.92. The Bertz CT molecular complexity index is 627.